The Morgan fingerprint density at radius 1 is 1.33 bits per heavy atom. The largest absolute Gasteiger partial charge is 0.480 e. The highest BCUT2D eigenvalue weighted by molar-refractivity contribution is 7.99. The molecule has 2 N–H and O–H groups in total. The Hall–Kier alpha value is -0.220. The second-order valence-corrected chi connectivity index (χ2v) is 5.34. The molecule has 0 aromatic rings. The minimum Gasteiger partial charge on any atom is -0.480 e. The van der Waals surface area contributed by atoms with E-state index < -0.39 is 12.0 Å². The first-order chi connectivity index (χ1) is 6.97. The number of hydrogen-bond donors (Lipinski definition) is 2. The number of thioether (sulfide) groups is 1. The first kappa shape index (κ1) is 14.8. The Labute approximate surface area is 97.0 Å². The SMILES string of the molecule is CCC(C)CSCC(NC(C)C)C(=O)O. The molecule has 0 bridgehead atoms. The van der Waals surface area contributed by atoms with E-state index in [9.17, 15) is 4.79 Å². The lowest BCUT2D eigenvalue weighted by molar-refractivity contribution is -0.139. The van der Waals surface area contributed by atoms with E-state index in [1.54, 1.807) is 11.8 Å². The summed E-state index contributed by atoms with van der Waals surface area (Å²) in [6.07, 6.45) is 1.16. The summed E-state index contributed by atoms with van der Waals surface area (Å²) >= 11 is 1.72. The lowest BCUT2D eigenvalue weighted by Crippen LogP contribution is -2.42. The van der Waals surface area contributed by atoms with Crippen molar-refractivity contribution in [1.29, 1.82) is 0 Å². The van der Waals surface area contributed by atoms with E-state index in [0.29, 0.717) is 11.7 Å². The number of aliphatic carboxylic acids is 1. The number of nitrogens with one attached hydrogen (secondary N) is 1. The molecule has 0 saturated carbocycles. The second-order valence-electron chi connectivity index (χ2n) is 4.26. The first-order valence-electron chi connectivity index (χ1n) is 5.54. The van der Waals surface area contributed by atoms with Gasteiger partial charge < -0.3 is 10.4 Å². The molecule has 0 spiro atoms. The van der Waals surface area contributed by atoms with Crippen molar-refractivity contribution in [3.05, 3.63) is 0 Å². The highest BCUT2D eigenvalue weighted by Gasteiger charge is 2.17. The molecule has 0 aliphatic heterocycles. The molecule has 90 valence electrons. The Balaban J connectivity index is 3.81. The van der Waals surface area contributed by atoms with E-state index in [-0.39, 0.29) is 6.04 Å². The van der Waals surface area contributed by atoms with Gasteiger partial charge in [-0.05, 0) is 11.7 Å². The summed E-state index contributed by atoms with van der Waals surface area (Å²) < 4.78 is 0. The lowest BCUT2D eigenvalue weighted by Gasteiger charge is -2.17. The van der Waals surface area contributed by atoms with Crippen LogP contribution in [0.5, 0.6) is 0 Å². The van der Waals surface area contributed by atoms with E-state index in [1.807, 2.05) is 13.8 Å². The van der Waals surface area contributed by atoms with E-state index in [2.05, 4.69) is 19.2 Å². The number of rotatable bonds is 8. The van der Waals surface area contributed by atoms with Gasteiger partial charge in [-0.2, -0.15) is 11.8 Å². The number of hydrogen-bond acceptors (Lipinski definition) is 3. The third kappa shape index (κ3) is 7.68. The van der Waals surface area contributed by atoms with E-state index >= 15 is 0 Å². The zero-order chi connectivity index (χ0) is 11.8. The van der Waals surface area contributed by atoms with Crippen LogP contribution < -0.4 is 5.32 Å². The van der Waals surface area contributed by atoms with Gasteiger partial charge in [-0.15, -0.1) is 0 Å². The average Bonchev–Trinajstić information content (AvgIpc) is 2.15. The maximum atomic E-state index is 10.9. The van der Waals surface area contributed by atoms with Crippen LogP contribution in [0.4, 0.5) is 0 Å². The van der Waals surface area contributed by atoms with E-state index in [1.165, 1.54) is 0 Å². The average molecular weight is 233 g/mol. The van der Waals surface area contributed by atoms with Crippen molar-refractivity contribution in [2.45, 2.75) is 46.2 Å². The molecule has 3 nitrogen and oxygen atoms in total. The summed E-state index contributed by atoms with van der Waals surface area (Å²) in [4.78, 5) is 10.9. The van der Waals surface area contributed by atoms with Crippen LogP contribution in [0.25, 0.3) is 0 Å². The zero-order valence-corrected chi connectivity index (χ0v) is 10.9. The predicted molar refractivity (Wildman–Crippen MR) is 66.5 cm³/mol. The van der Waals surface area contributed by atoms with Gasteiger partial charge in [-0.1, -0.05) is 34.1 Å². The third-order valence-corrected chi connectivity index (χ3v) is 3.59. The Morgan fingerprint density at radius 2 is 1.93 bits per heavy atom. The molecule has 0 heterocycles. The lowest BCUT2D eigenvalue weighted by atomic mass is 10.2. The molecular weight excluding hydrogens is 210 g/mol. The molecule has 0 radical (unpaired) electrons. The first-order valence-corrected chi connectivity index (χ1v) is 6.69. The molecule has 4 heteroatoms. The van der Waals surface area contributed by atoms with Crippen LogP contribution in [-0.4, -0.2) is 34.7 Å². The van der Waals surface area contributed by atoms with Crippen LogP contribution in [0, 0.1) is 5.92 Å². The van der Waals surface area contributed by atoms with Gasteiger partial charge in [0.1, 0.15) is 6.04 Å². The molecule has 0 aliphatic carbocycles. The molecule has 0 aromatic carbocycles. The molecule has 2 unspecified atom stereocenters. The molecule has 0 aromatic heterocycles. The summed E-state index contributed by atoms with van der Waals surface area (Å²) in [7, 11) is 0. The zero-order valence-electron chi connectivity index (χ0n) is 10.1. The fourth-order valence-corrected chi connectivity index (χ4v) is 2.35. The van der Waals surface area contributed by atoms with E-state index in [4.69, 9.17) is 5.11 Å². The topological polar surface area (TPSA) is 49.3 Å². The predicted octanol–water partition coefficient (Wildman–Crippen LogP) is 2.22. The quantitative estimate of drug-likeness (QED) is 0.675. The van der Waals surface area contributed by atoms with Crippen LogP contribution in [-0.2, 0) is 4.79 Å². The molecule has 0 aliphatic rings. The van der Waals surface area contributed by atoms with Gasteiger partial charge in [0.25, 0.3) is 0 Å². The molecule has 0 rings (SSSR count). The van der Waals surface area contributed by atoms with Gasteiger partial charge in [0.05, 0.1) is 0 Å². The van der Waals surface area contributed by atoms with Gasteiger partial charge in [0, 0.05) is 11.8 Å². The third-order valence-electron chi connectivity index (χ3n) is 2.22. The van der Waals surface area contributed by atoms with Crippen molar-refractivity contribution in [3.63, 3.8) is 0 Å². The van der Waals surface area contributed by atoms with Crippen molar-refractivity contribution in [1.82, 2.24) is 5.32 Å². The molecule has 0 saturated heterocycles. The maximum Gasteiger partial charge on any atom is 0.321 e. The molecule has 0 fully saturated rings. The van der Waals surface area contributed by atoms with Gasteiger partial charge >= 0.3 is 5.97 Å². The van der Waals surface area contributed by atoms with Crippen LogP contribution in [0.3, 0.4) is 0 Å². The summed E-state index contributed by atoms with van der Waals surface area (Å²) in [5.41, 5.74) is 0. The van der Waals surface area contributed by atoms with E-state index in [0.717, 1.165) is 12.2 Å². The minimum absolute atomic E-state index is 0.218. The van der Waals surface area contributed by atoms with Crippen molar-refractivity contribution < 1.29 is 9.90 Å². The monoisotopic (exact) mass is 233 g/mol. The highest BCUT2D eigenvalue weighted by Crippen LogP contribution is 2.12. The van der Waals surface area contributed by atoms with Gasteiger partial charge in [0.2, 0.25) is 0 Å². The molecular formula is C11H23NO2S. The summed E-state index contributed by atoms with van der Waals surface area (Å²) in [5.74, 6) is 1.61. The van der Waals surface area contributed by atoms with Crippen molar-refractivity contribution >= 4 is 17.7 Å². The molecule has 0 amide bonds. The summed E-state index contributed by atoms with van der Waals surface area (Å²) in [5, 5.41) is 12.0. The summed E-state index contributed by atoms with van der Waals surface area (Å²) in [6.45, 7) is 8.29. The molecule has 15 heavy (non-hydrogen) atoms. The minimum atomic E-state index is -0.750. The number of carbonyl (C=O) groups is 1. The summed E-state index contributed by atoms with van der Waals surface area (Å²) in [6, 6.07) is -0.200. The number of carboxylic acid groups (broad SMARTS) is 1. The normalized spacial score (nSPS) is 15.3. The Kier molecular flexibility index (Phi) is 7.88. The molecule has 2 atom stereocenters. The van der Waals surface area contributed by atoms with Gasteiger partial charge in [-0.25, -0.2) is 0 Å². The number of carboxylic acids is 1. The Bertz CT molecular complexity index is 185. The van der Waals surface area contributed by atoms with Crippen molar-refractivity contribution in [3.8, 4) is 0 Å². The smallest absolute Gasteiger partial charge is 0.321 e. The highest BCUT2D eigenvalue weighted by atomic mass is 32.2. The van der Waals surface area contributed by atoms with Gasteiger partial charge in [-0.3, -0.25) is 4.79 Å². The Morgan fingerprint density at radius 3 is 2.33 bits per heavy atom. The van der Waals surface area contributed by atoms with Crippen LogP contribution in [0.15, 0.2) is 0 Å². The van der Waals surface area contributed by atoms with Crippen LogP contribution in [0.2, 0.25) is 0 Å². The second kappa shape index (κ2) is 7.99. The standard InChI is InChI=1S/C11H23NO2S/c1-5-9(4)6-15-7-10(11(13)14)12-8(2)3/h8-10,12H,5-7H2,1-4H3,(H,13,14). The van der Waals surface area contributed by atoms with Crippen molar-refractivity contribution in [2.24, 2.45) is 5.92 Å². The van der Waals surface area contributed by atoms with Crippen LogP contribution >= 0.6 is 11.8 Å². The van der Waals surface area contributed by atoms with Gasteiger partial charge in [0.15, 0.2) is 0 Å². The fourth-order valence-electron chi connectivity index (χ4n) is 1.10. The maximum absolute atomic E-state index is 10.9. The van der Waals surface area contributed by atoms with Crippen LogP contribution in [0.1, 0.15) is 34.1 Å². The van der Waals surface area contributed by atoms with Crippen molar-refractivity contribution in [2.75, 3.05) is 11.5 Å². The fraction of sp³-hybridized carbons (Fsp3) is 0.909.